The number of rotatable bonds is 16. The molecule has 0 fully saturated rings. The van der Waals surface area contributed by atoms with Crippen molar-refractivity contribution in [3.05, 3.63) is 24.4 Å². The van der Waals surface area contributed by atoms with E-state index in [1.54, 1.807) is 0 Å². The molecular formula is C20H39N. The second-order valence-electron chi connectivity index (χ2n) is 6.52. The van der Waals surface area contributed by atoms with E-state index in [9.17, 15) is 0 Å². The van der Waals surface area contributed by atoms with E-state index in [0.717, 1.165) is 19.4 Å². The molecule has 0 bridgehead atoms. The molecule has 0 spiro atoms. The van der Waals surface area contributed by atoms with Crippen LogP contribution in [0.1, 0.15) is 97.3 Å². The summed E-state index contributed by atoms with van der Waals surface area (Å²) in [6, 6.07) is 0. The second-order valence-corrected chi connectivity index (χ2v) is 6.52. The lowest BCUT2D eigenvalue weighted by Crippen LogP contribution is -2.13. The van der Waals surface area contributed by atoms with Crippen molar-refractivity contribution in [1.29, 1.82) is 0 Å². The highest BCUT2D eigenvalue weighted by Gasteiger charge is 1.95. The molecule has 1 heteroatoms. The third kappa shape index (κ3) is 17.2. The molecule has 0 aromatic heterocycles. The van der Waals surface area contributed by atoms with Crippen molar-refractivity contribution in [2.75, 3.05) is 6.54 Å². The normalized spacial score (nSPS) is 10.6. The standard InChI is InChI=1S/C20H39N/c1-5-6-7-8-9-10-11-12-13-14-15-18-21-20(4)17-16-19(2)3/h21H,2,4-18H2,1,3H3. The number of allylic oxidation sites excluding steroid dienone is 2. The molecule has 0 atom stereocenters. The monoisotopic (exact) mass is 293 g/mol. The molecule has 0 aromatic rings. The topological polar surface area (TPSA) is 12.0 Å². The highest BCUT2D eigenvalue weighted by atomic mass is 14.9. The Morgan fingerprint density at radius 2 is 1.19 bits per heavy atom. The highest BCUT2D eigenvalue weighted by molar-refractivity contribution is 4.97. The smallest absolute Gasteiger partial charge is 0.0143 e. The van der Waals surface area contributed by atoms with Gasteiger partial charge in [-0.15, -0.1) is 6.58 Å². The molecule has 0 aliphatic carbocycles. The fourth-order valence-electron chi connectivity index (χ4n) is 2.51. The van der Waals surface area contributed by atoms with Crippen LogP contribution in [-0.4, -0.2) is 6.54 Å². The molecular weight excluding hydrogens is 254 g/mol. The van der Waals surface area contributed by atoms with Crippen molar-refractivity contribution < 1.29 is 0 Å². The highest BCUT2D eigenvalue weighted by Crippen LogP contribution is 2.11. The molecule has 0 saturated carbocycles. The second kappa shape index (κ2) is 15.7. The molecule has 0 amide bonds. The molecule has 0 heterocycles. The Labute approximate surface area is 134 Å². The van der Waals surface area contributed by atoms with Gasteiger partial charge < -0.3 is 5.32 Å². The number of nitrogens with one attached hydrogen (secondary N) is 1. The van der Waals surface area contributed by atoms with E-state index in [0.29, 0.717) is 0 Å². The van der Waals surface area contributed by atoms with Gasteiger partial charge in [0.2, 0.25) is 0 Å². The molecule has 0 saturated heterocycles. The summed E-state index contributed by atoms with van der Waals surface area (Å²) >= 11 is 0. The molecule has 0 aromatic carbocycles. The van der Waals surface area contributed by atoms with Gasteiger partial charge in [0.25, 0.3) is 0 Å². The van der Waals surface area contributed by atoms with Crippen LogP contribution in [0.4, 0.5) is 0 Å². The minimum Gasteiger partial charge on any atom is -0.389 e. The molecule has 1 nitrogen and oxygen atoms in total. The summed E-state index contributed by atoms with van der Waals surface area (Å²) in [6.45, 7) is 13.4. The lowest BCUT2D eigenvalue weighted by atomic mass is 10.1. The minimum absolute atomic E-state index is 1.04. The van der Waals surface area contributed by atoms with E-state index in [4.69, 9.17) is 0 Å². The fourth-order valence-corrected chi connectivity index (χ4v) is 2.51. The summed E-state index contributed by atoms with van der Waals surface area (Å²) in [5, 5.41) is 3.43. The Kier molecular flexibility index (Phi) is 15.1. The van der Waals surface area contributed by atoms with Gasteiger partial charge in [-0.05, 0) is 26.2 Å². The summed E-state index contributed by atoms with van der Waals surface area (Å²) in [5.41, 5.74) is 2.41. The summed E-state index contributed by atoms with van der Waals surface area (Å²) in [7, 11) is 0. The third-order valence-corrected chi connectivity index (χ3v) is 4.01. The Morgan fingerprint density at radius 3 is 1.67 bits per heavy atom. The van der Waals surface area contributed by atoms with E-state index in [1.165, 1.54) is 81.9 Å². The van der Waals surface area contributed by atoms with Crippen LogP contribution in [0.15, 0.2) is 24.4 Å². The zero-order chi connectivity index (χ0) is 15.8. The lowest BCUT2D eigenvalue weighted by molar-refractivity contribution is 0.545. The SMILES string of the molecule is C=C(C)CCC(=C)NCCCCCCCCCCCCC. The molecule has 1 N–H and O–H groups in total. The van der Waals surface area contributed by atoms with Crippen LogP contribution < -0.4 is 5.32 Å². The first-order valence-electron chi connectivity index (χ1n) is 9.22. The minimum atomic E-state index is 1.04. The van der Waals surface area contributed by atoms with E-state index in [2.05, 4.69) is 32.3 Å². The number of hydrogen-bond acceptors (Lipinski definition) is 1. The van der Waals surface area contributed by atoms with Crippen LogP contribution in [0.2, 0.25) is 0 Å². The van der Waals surface area contributed by atoms with Crippen molar-refractivity contribution in [2.45, 2.75) is 97.3 Å². The molecule has 0 aliphatic heterocycles. The van der Waals surface area contributed by atoms with Crippen molar-refractivity contribution in [2.24, 2.45) is 0 Å². The van der Waals surface area contributed by atoms with Crippen molar-refractivity contribution in [3.8, 4) is 0 Å². The lowest BCUT2D eigenvalue weighted by Gasteiger charge is -2.09. The van der Waals surface area contributed by atoms with Crippen LogP contribution in [0, 0.1) is 0 Å². The molecule has 0 rings (SSSR count). The van der Waals surface area contributed by atoms with Gasteiger partial charge in [0.15, 0.2) is 0 Å². The van der Waals surface area contributed by atoms with Gasteiger partial charge in [0, 0.05) is 12.2 Å². The summed E-state index contributed by atoms with van der Waals surface area (Å²) in [4.78, 5) is 0. The summed E-state index contributed by atoms with van der Waals surface area (Å²) in [6.07, 6.45) is 17.5. The third-order valence-electron chi connectivity index (χ3n) is 4.01. The summed E-state index contributed by atoms with van der Waals surface area (Å²) < 4.78 is 0. The molecule has 21 heavy (non-hydrogen) atoms. The Balaban J connectivity index is 3.12. The van der Waals surface area contributed by atoms with Gasteiger partial charge in [-0.3, -0.25) is 0 Å². The van der Waals surface area contributed by atoms with E-state index in [1.807, 2.05) is 0 Å². The first kappa shape index (κ1) is 20.3. The van der Waals surface area contributed by atoms with Crippen LogP contribution in [0.25, 0.3) is 0 Å². The van der Waals surface area contributed by atoms with Gasteiger partial charge in [-0.2, -0.15) is 0 Å². The maximum absolute atomic E-state index is 4.06. The Morgan fingerprint density at radius 1 is 0.714 bits per heavy atom. The largest absolute Gasteiger partial charge is 0.389 e. The predicted molar refractivity (Wildman–Crippen MR) is 97.7 cm³/mol. The zero-order valence-electron chi connectivity index (χ0n) is 14.8. The van der Waals surface area contributed by atoms with Crippen molar-refractivity contribution >= 4 is 0 Å². The number of hydrogen-bond donors (Lipinski definition) is 1. The molecule has 0 unspecified atom stereocenters. The van der Waals surface area contributed by atoms with Gasteiger partial charge in [0.05, 0.1) is 0 Å². The predicted octanol–water partition coefficient (Wildman–Crippen LogP) is 6.76. The molecule has 0 radical (unpaired) electrons. The Hall–Kier alpha value is -0.720. The van der Waals surface area contributed by atoms with Crippen molar-refractivity contribution in [1.82, 2.24) is 5.32 Å². The average molecular weight is 294 g/mol. The molecule has 0 aliphatic rings. The van der Waals surface area contributed by atoms with E-state index < -0.39 is 0 Å². The van der Waals surface area contributed by atoms with Crippen LogP contribution >= 0.6 is 0 Å². The fraction of sp³-hybridized carbons (Fsp3) is 0.800. The van der Waals surface area contributed by atoms with Gasteiger partial charge >= 0.3 is 0 Å². The van der Waals surface area contributed by atoms with Crippen LogP contribution in [0.3, 0.4) is 0 Å². The van der Waals surface area contributed by atoms with Crippen molar-refractivity contribution in [3.63, 3.8) is 0 Å². The number of unbranched alkanes of at least 4 members (excludes halogenated alkanes) is 10. The average Bonchev–Trinajstić information content (AvgIpc) is 2.46. The summed E-state index contributed by atoms with van der Waals surface area (Å²) in [5.74, 6) is 0. The Bertz CT molecular complexity index is 255. The quantitative estimate of drug-likeness (QED) is 0.245. The van der Waals surface area contributed by atoms with E-state index >= 15 is 0 Å². The first-order valence-corrected chi connectivity index (χ1v) is 9.22. The van der Waals surface area contributed by atoms with Gasteiger partial charge in [-0.1, -0.05) is 83.3 Å². The van der Waals surface area contributed by atoms with Gasteiger partial charge in [0.1, 0.15) is 0 Å². The maximum atomic E-state index is 4.06. The van der Waals surface area contributed by atoms with Gasteiger partial charge in [-0.25, -0.2) is 0 Å². The first-order chi connectivity index (χ1) is 10.2. The van der Waals surface area contributed by atoms with E-state index in [-0.39, 0.29) is 0 Å². The molecule has 124 valence electrons. The van der Waals surface area contributed by atoms with Crippen LogP contribution in [0.5, 0.6) is 0 Å². The zero-order valence-corrected chi connectivity index (χ0v) is 14.8. The maximum Gasteiger partial charge on any atom is 0.0143 e. The van der Waals surface area contributed by atoms with Crippen LogP contribution in [-0.2, 0) is 0 Å².